The Bertz CT molecular complexity index is 448. The minimum Gasteiger partial charge on any atom is -0.363 e. The van der Waals surface area contributed by atoms with Crippen LogP contribution in [-0.2, 0) is 9.84 Å². The second kappa shape index (κ2) is 5.64. The summed E-state index contributed by atoms with van der Waals surface area (Å²) >= 11 is 1.73. The Hall–Kier alpha value is -0.230. The van der Waals surface area contributed by atoms with E-state index in [1.165, 1.54) is 6.26 Å². The van der Waals surface area contributed by atoms with E-state index >= 15 is 0 Å². The largest absolute Gasteiger partial charge is 0.363 e. The fourth-order valence-corrected chi connectivity index (χ4v) is 3.41. The lowest BCUT2D eigenvalue weighted by atomic mass is 9.90. The molecule has 4 nitrogen and oxygen atoms in total. The van der Waals surface area contributed by atoms with Crippen molar-refractivity contribution in [2.75, 3.05) is 19.3 Å². The van der Waals surface area contributed by atoms with Crippen LogP contribution in [0.3, 0.4) is 0 Å². The van der Waals surface area contributed by atoms with Crippen molar-refractivity contribution in [1.82, 2.24) is 5.32 Å². The number of amidine groups is 1. The van der Waals surface area contributed by atoms with Gasteiger partial charge in [0.2, 0.25) is 0 Å². The third kappa shape index (κ3) is 5.34. The Balaban J connectivity index is 2.46. The second-order valence-electron chi connectivity index (χ2n) is 7.04. The Morgan fingerprint density at radius 2 is 1.89 bits per heavy atom. The first-order valence-electron chi connectivity index (χ1n) is 6.55. The molecule has 0 aromatic heterocycles. The van der Waals surface area contributed by atoms with Crippen molar-refractivity contribution in [1.29, 1.82) is 0 Å². The molecular formula is C13H26N2O2S2. The van der Waals surface area contributed by atoms with Crippen LogP contribution in [0.2, 0.25) is 0 Å². The molecule has 6 heteroatoms. The van der Waals surface area contributed by atoms with Crippen LogP contribution in [0.1, 0.15) is 41.0 Å². The van der Waals surface area contributed by atoms with Crippen LogP contribution in [0.5, 0.6) is 0 Å². The molecule has 0 bridgehead atoms. The van der Waals surface area contributed by atoms with Gasteiger partial charge in [-0.3, -0.25) is 4.99 Å². The molecule has 0 saturated heterocycles. The molecule has 1 aliphatic heterocycles. The third-order valence-electron chi connectivity index (χ3n) is 3.23. The fraction of sp³-hybridized carbons (Fsp3) is 0.923. The van der Waals surface area contributed by atoms with E-state index in [2.05, 4.69) is 31.1 Å². The molecular weight excluding hydrogens is 280 g/mol. The van der Waals surface area contributed by atoms with Gasteiger partial charge < -0.3 is 5.32 Å². The van der Waals surface area contributed by atoms with E-state index < -0.39 is 14.6 Å². The van der Waals surface area contributed by atoms with E-state index in [0.717, 1.165) is 18.1 Å². The first kappa shape index (κ1) is 16.8. The average molecular weight is 306 g/mol. The number of hydrogen-bond donors (Lipinski definition) is 1. The van der Waals surface area contributed by atoms with Gasteiger partial charge in [-0.1, -0.05) is 32.5 Å². The zero-order chi connectivity index (χ0) is 14.9. The molecule has 1 atom stereocenters. The maximum absolute atomic E-state index is 11.6. The quantitative estimate of drug-likeness (QED) is 0.866. The smallest absolute Gasteiger partial charge is 0.156 e. The zero-order valence-corrected chi connectivity index (χ0v) is 14.4. The molecule has 0 saturated carbocycles. The van der Waals surface area contributed by atoms with Crippen molar-refractivity contribution in [2.24, 2.45) is 10.4 Å². The Labute approximate surface area is 121 Å². The summed E-state index contributed by atoms with van der Waals surface area (Å²) in [7, 11) is -3.06. The Kier molecular flexibility index (Phi) is 4.99. The number of thioether (sulfide) groups is 1. The first-order valence-corrected chi connectivity index (χ1v) is 9.32. The summed E-state index contributed by atoms with van der Waals surface area (Å²) in [6, 6.07) is 0. The lowest BCUT2D eigenvalue weighted by molar-refractivity contribution is 0.375. The molecule has 0 fully saturated rings. The normalized spacial score (nSPS) is 21.4. The molecule has 0 aromatic carbocycles. The predicted octanol–water partition coefficient (Wildman–Crippen LogP) is 2.31. The summed E-state index contributed by atoms with van der Waals surface area (Å²) in [5.74, 6) is 0. The summed E-state index contributed by atoms with van der Waals surface area (Å²) in [5, 5.41) is 4.56. The maximum atomic E-state index is 11.6. The monoisotopic (exact) mass is 306 g/mol. The summed E-state index contributed by atoms with van der Waals surface area (Å²) < 4.78 is 22.5. The number of nitrogens with zero attached hydrogens (tertiary/aromatic N) is 1. The molecule has 0 spiro atoms. The van der Waals surface area contributed by atoms with Crippen LogP contribution in [0.4, 0.5) is 0 Å². The van der Waals surface area contributed by atoms with Crippen molar-refractivity contribution in [3.05, 3.63) is 0 Å². The van der Waals surface area contributed by atoms with Gasteiger partial charge in [0.05, 0.1) is 11.3 Å². The van der Waals surface area contributed by atoms with Gasteiger partial charge in [0.25, 0.3) is 0 Å². The van der Waals surface area contributed by atoms with Crippen LogP contribution in [0.15, 0.2) is 4.99 Å². The van der Waals surface area contributed by atoms with Crippen LogP contribution in [0, 0.1) is 5.41 Å². The van der Waals surface area contributed by atoms with E-state index in [9.17, 15) is 8.42 Å². The van der Waals surface area contributed by atoms with Crippen LogP contribution < -0.4 is 5.32 Å². The van der Waals surface area contributed by atoms with Crippen molar-refractivity contribution < 1.29 is 8.42 Å². The minimum atomic E-state index is -3.06. The molecule has 112 valence electrons. The van der Waals surface area contributed by atoms with Gasteiger partial charge in [-0.25, -0.2) is 8.42 Å². The van der Waals surface area contributed by atoms with Crippen LogP contribution >= 0.6 is 11.8 Å². The first-order chi connectivity index (χ1) is 8.41. The van der Waals surface area contributed by atoms with Gasteiger partial charge in [-0.05, 0) is 25.7 Å². The number of sulfone groups is 1. The molecule has 19 heavy (non-hydrogen) atoms. The number of nitrogens with one attached hydrogen (secondary N) is 1. The molecule has 0 aliphatic carbocycles. The molecule has 1 heterocycles. The van der Waals surface area contributed by atoms with Gasteiger partial charge >= 0.3 is 0 Å². The highest BCUT2D eigenvalue weighted by Crippen LogP contribution is 2.31. The van der Waals surface area contributed by atoms with Gasteiger partial charge in [0.1, 0.15) is 0 Å². The van der Waals surface area contributed by atoms with Crippen LogP contribution in [0.25, 0.3) is 0 Å². The van der Waals surface area contributed by atoms with Gasteiger partial charge in [0, 0.05) is 18.1 Å². The van der Waals surface area contributed by atoms with Crippen molar-refractivity contribution in [3.8, 4) is 0 Å². The predicted molar refractivity (Wildman–Crippen MR) is 84.7 cm³/mol. The summed E-state index contributed by atoms with van der Waals surface area (Å²) in [5.41, 5.74) is 0.300. The summed E-state index contributed by atoms with van der Waals surface area (Å²) in [4.78, 5) is 4.46. The fourth-order valence-electron chi connectivity index (χ4n) is 1.72. The third-order valence-corrected chi connectivity index (χ3v) is 6.52. The van der Waals surface area contributed by atoms with E-state index in [1.54, 1.807) is 25.6 Å². The highest BCUT2D eigenvalue weighted by atomic mass is 32.2. The average Bonchev–Trinajstić information content (AvgIpc) is 2.58. The van der Waals surface area contributed by atoms with Gasteiger partial charge in [-0.15, -0.1) is 0 Å². The van der Waals surface area contributed by atoms with E-state index in [1.807, 2.05) is 0 Å². The van der Waals surface area contributed by atoms with E-state index in [-0.39, 0.29) is 0 Å². The second-order valence-corrected chi connectivity index (χ2v) is 11.0. The minimum absolute atomic E-state index is 0.300. The summed E-state index contributed by atoms with van der Waals surface area (Å²) in [6.45, 7) is 11.4. The van der Waals surface area contributed by atoms with Crippen molar-refractivity contribution in [2.45, 2.75) is 51.0 Å². The lowest BCUT2D eigenvalue weighted by Crippen LogP contribution is -2.43. The van der Waals surface area contributed by atoms with Crippen molar-refractivity contribution >= 4 is 26.8 Å². The zero-order valence-electron chi connectivity index (χ0n) is 12.8. The summed E-state index contributed by atoms with van der Waals surface area (Å²) in [6.07, 6.45) is 2.39. The molecule has 0 amide bonds. The molecule has 0 radical (unpaired) electrons. The molecule has 0 aromatic rings. The molecule has 1 N–H and O–H groups in total. The maximum Gasteiger partial charge on any atom is 0.156 e. The SMILES string of the molecule is CC(C)(C)CC1CN=C(NCC(C)(C)S(C)(=O)=O)S1. The number of aliphatic imine (C=N–C) groups is 1. The molecule has 1 rings (SSSR count). The van der Waals surface area contributed by atoms with Crippen LogP contribution in [-0.4, -0.2) is 42.9 Å². The topological polar surface area (TPSA) is 58.5 Å². The van der Waals surface area contributed by atoms with Gasteiger partial charge in [-0.2, -0.15) is 0 Å². The van der Waals surface area contributed by atoms with Crippen molar-refractivity contribution in [3.63, 3.8) is 0 Å². The number of hydrogen-bond acceptors (Lipinski definition) is 5. The molecule has 1 unspecified atom stereocenters. The number of rotatable bonds is 4. The standard InChI is InChI=1S/C13H26N2O2S2/c1-12(2,3)7-10-8-14-11(18-10)15-9-13(4,5)19(6,16)17/h10H,7-9H2,1-6H3,(H,14,15). The lowest BCUT2D eigenvalue weighted by Gasteiger charge is -2.24. The molecule has 1 aliphatic rings. The highest BCUT2D eigenvalue weighted by Gasteiger charge is 2.31. The van der Waals surface area contributed by atoms with Gasteiger partial charge in [0.15, 0.2) is 15.0 Å². The highest BCUT2D eigenvalue weighted by molar-refractivity contribution is 8.14. The van der Waals surface area contributed by atoms with E-state index in [4.69, 9.17) is 0 Å². The Morgan fingerprint density at radius 3 is 2.37 bits per heavy atom. The Morgan fingerprint density at radius 1 is 1.32 bits per heavy atom. The van der Waals surface area contributed by atoms with E-state index in [0.29, 0.717) is 17.2 Å².